The molecular formula is C30H50N2O2. The first-order valence-corrected chi connectivity index (χ1v) is 14.3. The molecule has 0 N–H and O–H groups in total. The monoisotopic (exact) mass is 470 g/mol. The molecule has 1 aliphatic carbocycles. The average molecular weight is 471 g/mol. The van der Waals surface area contributed by atoms with Gasteiger partial charge >= 0.3 is 0 Å². The summed E-state index contributed by atoms with van der Waals surface area (Å²) >= 11 is 0. The summed E-state index contributed by atoms with van der Waals surface area (Å²) in [6.07, 6.45) is 26.6. The zero-order valence-electron chi connectivity index (χ0n) is 22.2. The van der Waals surface area contributed by atoms with Crippen LogP contribution in [0.2, 0.25) is 0 Å². The molecular weight excluding hydrogens is 420 g/mol. The van der Waals surface area contributed by atoms with E-state index in [0.717, 1.165) is 25.7 Å². The highest BCUT2D eigenvalue weighted by Crippen LogP contribution is 2.24. The summed E-state index contributed by atoms with van der Waals surface area (Å²) in [5, 5.41) is 0. The normalized spacial score (nSPS) is 13.4. The van der Waals surface area contributed by atoms with Gasteiger partial charge in [0.1, 0.15) is 0 Å². The smallest absolute Gasteiger partial charge is 0.296 e. The number of carbonyl (C=O) groups excluding carboxylic acids is 2. The van der Waals surface area contributed by atoms with E-state index in [1.54, 1.807) is 12.2 Å². The lowest BCUT2D eigenvalue weighted by atomic mass is 9.87. The fourth-order valence-electron chi connectivity index (χ4n) is 4.65. The summed E-state index contributed by atoms with van der Waals surface area (Å²) in [5.74, 6) is 0.0714. The third-order valence-corrected chi connectivity index (χ3v) is 6.86. The quantitative estimate of drug-likeness (QED) is 0.0900. The summed E-state index contributed by atoms with van der Waals surface area (Å²) in [6.45, 7) is 4.47. The van der Waals surface area contributed by atoms with E-state index in [1.165, 1.54) is 89.9 Å². The van der Waals surface area contributed by atoms with E-state index < -0.39 is 0 Å². The zero-order valence-corrected chi connectivity index (χ0v) is 22.2. The number of Topliss-reactive ketones (excluding diaryl/α,β-unsaturated/α-hetero) is 2. The summed E-state index contributed by atoms with van der Waals surface area (Å²) in [6, 6.07) is 0. The van der Waals surface area contributed by atoms with Crippen LogP contribution in [0.3, 0.4) is 0 Å². The highest BCUT2D eigenvalue weighted by molar-refractivity contribution is 6.17. The molecule has 192 valence electrons. The van der Waals surface area contributed by atoms with Crippen molar-refractivity contribution in [3.8, 4) is 0 Å². The van der Waals surface area contributed by atoms with Gasteiger partial charge in [-0.15, -0.1) is 0 Å². The van der Waals surface area contributed by atoms with Crippen molar-refractivity contribution >= 4 is 17.3 Å². The lowest BCUT2D eigenvalue weighted by Gasteiger charge is -2.13. The summed E-state index contributed by atoms with van der Waals surface area (Å²) in [7, 11) is 0. The molecule has 0 heterocycles. The van der Waals surface area contributed by atoms with Crippen molar-refractivity contribution in [3.05, 3.63) is 28.8 Å². The van der Waals surface area contributed by atoms with Gasteiger partial charge < -0.3 is 5.53 Å². The van der Waals surface area contributed by atoms with Crippen LogP contribution in [0.4, 0.5) is 0 Å². The predicted molar refractivity (Wildman–Crippen MR) is 143 cm³/mol. The van der Waals surface area contributed by atoms with Gasteiger partial charge in [-0.2, -0.15) is 4.79 Å². The van der Waals surface area contributed by atoms with Crippen LogP contribution in [0.5, 0.6) is 0 Å². The standard InChI is InChI=1S/C30H50N2O2/c1-3-5-7-9-11-13-15-17-19-21-29(33)27-24-23-26(32-31)25-28(27)30(34)22-20-18-16-14-12-10-8-6-4-2/h24-25H,3-23H2,1-2H3. The Hall–Kier alpha value is -1.80. The number of allylic oxidation sites excluding steroid dienone is 4. The largest absolute Gasteiger partial charge is 0.361 e. The number of rotatable bonds is 22. The molecule has 1 rings (SSSR count). The lowest BCUT2D eigenvalue weighted by Crippen LogP contribution is -2.18. The van der Waals surface area contributed by atoms with Gasteiger partial charge in [0, 0.05) is 30.1 Å². The van der Waals surface area contributed by atoms with Crippen molar-refractivity contribution in [2.45, 2.75) is 149 Å². The third kappa shape index (κ3) is 13.8. The Morgan fingerprint density at radius 3 is 1.44 bits per heavy atom. The van der Waals surface area contributed by atoms with Crippen molar-refractivity contribution in [1.82, 2.24) is 0 Å². The second-order valence-electron chi connectivity index (χ2n) is 9.97. The molecule has 0 atom stereocenters. The lowest BCUT2D eigenvalue weighted by molar-refractivity contribution is -0.118. The maximum atomic E-state index is 12.9. The molecule has 0 bridgehead atoms. The number of ketones is 2. The Morgan fingerprint density at radius 2 is 1.03 bits per heavy atom. The Kier molecular flexibility index (Phi) is 18.3. The van der Waals surface area contributed by atoms with E-state index in [9.17, 15) is 15.1 Å². The van der Waals surface area contributed by atoms with Crippen LogP contribution in [0, 0.1) is 0 Å². The number of hydrogen-bond donors (Lipinski definition) is 0. The Bertz CT molecular complexity index is 699. The number of hydrogen-bond acceptors (Lipinski definition) is 2. The second kappa shape index (κ2) is 20.6. The van der Waals surface area contributed by atoms with E-state index in [1.807, 2.05) is 0 Å². The Morgan fingerprint density at radius 1 is 0.647 bits per heavy atom. The van der Waals surface area contributed by atoms with Crippen LogP contribution in [0.15, 0.2) is 23.3 Å². The third-order valence-electron chi connectivity index (χ3n) is 6.86. The van der Waals surface area contributed by atoms with E-state index in [-0.39, 0.29) is 11.6 Å². The zero-order chi connectivity index (χ0) is 24.9. The first-order chi connectivity index (χ1) is 16.6. The van der Waals surface area contributed by atoms with E-state index in [2.05, 4.69) is 18.6 Å². The molecule has 0 saturated carbocycles. The van der Waals surface area contributed by atoms with Crippen LogP contribution in [-0.4, -0.2) is 22.1 Å². The minimum absolute atomic E-state index is 0.00970. The number of nitrogens with zero attached hydrogens (tertiary/aromatic N) is 2. The molecule has 0 aromatic heterocycles. The van der Waals surface area contributed by atoms with Crippen LogP contribution in [0.25, 0.3) is 5.53 Å². The topological polar surface area (TPSA) is 70.5 Å². The first kappa shape index (κ1) is 30.2. The average Bonchev–Trinajstić information content (AvgIpc) is 2.86. The van der Waals surface area contributed by atoms with Gasteiger partial charge in [-0.3, -0.25) is 9.59 Å². The Labute approximate surface area is 209 Å². The van der Waals surface area contributed by atoms with Gasteiger partial charge in [0.2, 0.25) is 0 Å². The van der Waals surface area contributed by atoms with Crippen molar-refractivity contribution in [3.63, 3.8) is 0 Å². The first-order valence-electron chi connectivity index (χ1n) is 14.3. The Balaban J connectivity index is 2.35. The second-order valence-corrected chi connectivity index (χ2v) is 9.97. The van der Waals surface area contributed by atoms with Gasteiger partial charge in [-0.05, 0) is 12.8 Å². The van der Waals surface area contributed by atoms with Crippen LogP contribution < -0.4 is 0 Å². The van der Waals surface area contributed by atoms with Gasteiger partial charge in [0.25, 0.3) is 5.71 Å². The fraction of sp³-hybridized carbons (Fsp3) is 0.767. The molecule has 0 aromatic carbocycles. The molecule has 0 radical (unpaired) electrons. The molecule has 4 heteroatoms. The van der Waals surface area contributed by atoms with Crippen molar-refractivity contribution in [2.24, 2.45) is 0 Å². The molecule has 0 aliphatic heterocycles. The molecule has 4 nitrogen and oxygen atoms in total. The molecule has 0 spiro atoms. The van der Waals surface area contributed by atoms with Gasteiger partial charge in [0.05, 0.1) is 6.42 Å². The van der Waals surface area contributed by atoms with Crippen molar-refractivity contribution in [1.29, 1.82) is 0 Å². The number of unbranched alkanes of at least 4 members (excludes halogenated alkanes) is 16. The molecule has 0 amide bonds. The van der Waals surface area contributed by atoms with Crippen LogP contribution in [0.1, 0.15) is 149 Å². The summed E-state index contributed by atoms with van der Waals surface area (Å²) in [4.78, 5) is 29.1. The van der Waals surface area contributed by atoms with Crippen LogP contribution in [-0.2, 0) is 9.59 Å². The highest BCUT2D eigenvalue weighted by atomic mass is 16.1. The number of carbonyl (C=O) groups is 2. The minimum Gasteiger partial charge on any atom is -0.361 e. The maximum Gasteiger partial charge on any atom is 0.296 e. The molecule has 1 aliphatic rings. The SMILES string of the molecule is CCCCCCCCCCCC(=O)C1=CCC(=[N+]=[N-])C=C1C(=O)CCCCCCCCCCC. The fourth-order valence-corrected chi connectivity index (χ4v) is 4.65. The van der Waals surface area contributed by atoms with E-state index in [0.29, 0.717) is 36.1 Å². The highest BCUT2D eigenvalue weighted by Gasteiger charge is 2.25. The van der Waals surface area contributed by atoms with Gasteiger partial charge in [-0.1, -0.05) is 123 Å². The predicted octanol–water partition coefficient (Wildman–Crippen LogP) is 8.89. The van der Waals surface area contributed by atoms with Gasteiger partial charge in [-0.25, -0.2) is 0 Å². The summed E-state index contributed by atoms with van der Waals surface area (Å²) < 4.78 is 0. The van der Waals surface area contributed by atoms with Crippen molar-refractivity contribution < 1.29 is 14.4 Å². The summed E-state index contributed by atoms with van der Waals surface area (Å²) in [5.41, 5.74) is 10.6. The molecule has 0 saturated heterocycles. The maximum absolute atomic E-state index is 12.9. The molecule has 0 fully saturated rings. The van der Waals surface area contributed by atoms with E-state index in [4.69, 9.17) is 0 Å². The molecule has 0 unspecified atom stereocenters. The van der Waals surface area contributed by atoms with Crippen LogP contribution >= 0.6 is 0 Å². The van der Waals surface area contributed by atoms with E-state index >= 15 is 0 Å². The minimum atomic E-state index is 0.00970. The molecule has 0 aromatic rings. The van der Waals surface area contributed by atoms with Gasteiger partial charge in [0.15, 0.2) is 11.6 Å². The van der Waals surface area contributed by atoms with Crippen molar-refractivity contribution in [2.75, 3.05) is 0 Å². The molecule has 34 heavy (non-hydrogen) atoms.